The summed E-state index contributed by atoms with van der Waals surface area (Å²) in [4.78, 5) is 11.8. The van der Waals surface area contributed by atoms with E-state index >= 15 is 0 Å². The molecule has 0 aromatic heterocycles. The summed E-state index contributed by atoms with van der Waals surface area (Å²) in [6.07, 6.45) is 0. The number of amides is 1. The Kier molecular flexibility index (Phi) is 5.06. The molecule has 1 aromatic carbocycles. The third kappa shape index (κ3) is 4.31. The van der Waals surface area contributed by atoms with Crippen molar-refractivity contribution in [1.82, 2.24) is 5.32 Å². The van der Waals surface area contributed by atoms with Crippen LogP contribution in [0.2, 0.25) is 0 Å². The van der Waals surface area contributed by atoms with Crippen molar-refractivity contribution in [3.05, 3.63) is 35.6 Å². The van der Waals surface area contributed by atoms with Crippen LogP contribution in [0, 0.1) is 11.7 Å². The summed E-state index contributed by atoms with van der Waals surface area (Å²) >= 11 is 0. The van der Waals surface area contributed by atoms with Crippen molar-refractivity contribution in [2.45, 2.75) is 39.2 Å². The summed E-state index contributed by atoms with van der Waals surface area (Å²) in [5.41, 5.74) is 6.29. The van der Waals surface area contributed by atoms with E-state index in [0.717, 1.165) is 5.56 Å². The van der Waals surface area contributed by atoms with Gasteiger partial charge in [-0.15, -0.1) is 0 Å². The molecule has 0 unspecified atom stereocenters. The second-order valence-electron chi connectivity index (χ2n) is 5.88. The standard InChI is InChI=1S/C15H23FN2O/c1-10(2)13(17)14(19)18-9-15(3,4)11-6-5-7-12(16)8-11/h5-8,10,13H,9,17H2,1-4H3,(H,18,19)/t13-/m0/s1. The van der Waals surface area contributed by atoms with Gasteiger partial charge in [-0.3, -0.25) is 4.79 Å². The Hall–Kier alpha value is -1.42. The molecular formula is C15H23FN2O. The lowest BCUT2D eigenvalue weighted by Gasteiger charge is -2.27. The van der Waals surface area contributed by atoms with Crippen LogP contribution >= 0.6 is 0 Å². The van der Waals surface area contributed by atoms with Gasteiger partial charge in [-0.25, -0.2) is 4.39 Å². The van der Waals surface area contributed by atoms with Gasteiger partial charge in [-0.1, -0.05) is 39.8 Å². The highest BCUT2D eigenvalue weighted by Crippen LogP contribution is 2.22. The van der Waals surface area contributed by atoms with Crippen LogP contribution in [0.5, 0.6) is 0 Å². The predicted molar refractivity (Wildman–Crippen MR) is 75.2 cm³/mol. The van der Waals surface area contributed by atoms with Gasteiger partial charge in [0, 0.05) is 12.0 Å². The van der Waals surface area contributed by atoms with E-state index in [1.165, 1.54) is 12.1 Å². The first-order valence-electron chi connectivity index (χ1n) is 6.53. The molecule has 0 bridgehead atoms. The van der Waals surface area contributed by atoms with Crippen LogP contribution in [0.3, 0.4) is 0 Å². The van der Waals surface area contributed by atoms with Crippen LogP contribution in [0.15, 0.2) is 24.3 Å². The van der Waals surface area contributed by atoms with Crippen molar-refractivity contribution in [3.63, 3.8) is 0 Å². The SMILES string of the molecule is CC(C)[C@H](N)C(=O)NCC(C)(C)c1cccc(F)c1. The van der Waals surface area contributed by atoms with Crippen molar-refractivity contribution in [1.29, 1.82) is 0 Å². The van der Waals surface area contributed by atoms with E-state index in [-0.39, 0.29) is 23.1 Å². The Bertz CT molecular complexity index is 444. The zero-order valence-corrected chi connectivity index (χ0v) is 12.0. The average molecular weight is 266 g/mol. The van der Waals surface area contributed by atoms with Crippen molar-refractivity contribution in [2.75, 3.05) is 6.54 Å². The summed E-state index contributed by atoms with van der Waals surface area (Å²) in [5, 5.41) is 2.84. The second kappa shape index (κ2) is 6.15. The van der Waals surface area contributed by atoms with Crippen LogP contribution in [0.25, 0.3) is 0 Å². The van der Waals surface area contributed by atoms with Crippen molar-refractivity contribution >= 4 is 5.91 Å². The third-order valence-electron chi connectivity index (χ3n) is 3.33. The van der Waals surface area contributed by atoms with Gasteiger partial charge in [0.1, 0.15) is 5.82 Å². The van der Waals surface area contributed by atoms with Gasteiger partial charge in [0.2, 0.25) is 5.91 Å². The predicted octanol–water partition coefficient (Wildman–Crippen LogP) is 2.20. The molecule has 0 saturated carbocycles. The lowest BCUT2D eigenvalue weighted by Crippen LogP contribution is -2.47. The molecule has 0 heterocycles. The maximum Gasteiger partial charge on any atom is 0.237 e. The third-order valence-corrected chi connectivity index (χ3v) is 3.33. The fourth-order valence-corrected chi connectivity index (χ4v) is 1.74. The van der Waals surface area contributed by atoms with Gasteiger partial charge in [0.15, 0.2) is 0 Å². The fraction of sp³-hybridized carbons (Fsp3) is 0.533. The first-order chi connectivity index (χ1) is 8.74. The number of rotatable bonds is 5. The van der Waals surface area contributed by atoms with E-state index in [4.69, 9.17) is 5.73 Å². The van der Waals surface area contributed by atoms with Gasteiger partial charge < -0.3 is 11.1 Å². The zero-order valence-electron chi connectivity index (χ0n) is 12.0. The largest absolute Gasteiger partial charge is 0.354 e. The zero-order chi connectivity index (χ0) is 14.6. The van der Waals surface area contributed by atoms with Crippen LogP contribution in [0.4, 0.5) is 4.39 Å². The number of nitrogens with one attached hydrogen (secondary N) is 1. The fourth-order valence-electron chi connectivity index (χ4n) is 1.74. The van der Waals surface area contributed by atoms with E-state index in [0.29, 0.717) is 6.54 Å². The molecule has 0 fully saturated rings. The maximum absolute atomic E-state index is 13.2. The number of hydrogen-bond acceptors (Lipinski definition) is 2. The summed E-state index contributed by atoms with van der Waals surface area (Å²) in [6, 6.07) is 5.93. The number of hydrogen-bond donors (Lipinski definition) is 2. The number of carbonyl (C=O) groups excluding carboxylic acids is 1. The molecule has 1 amide bonds. The Morgan fingerprint density at radius 1 is 1.42 bits per heavy atom. The summed E-state index contributed by atoms with van der Waals surface area (Å²) in [6.45, 7) is 8.16. The molecule has 0 aliphatic carbocycles. The van der Waals surface area contributed by atoms with E-state index in [1.807, 2.05) is 33.8 Å². The monoisotopic (exact) mass is 266 g/mol. The molecule has 1 aromatic rings. The minimum Gasteiger partial charge on any atom is -0.354 e. The lowest BCUT2D eigenvalue weighted by molar-refractivity contribution is -0.123. The topological polar surface area (TPSA) is 55.1 Å². The maximum atomic E-state index is 13.2. The van der Waals surface area contributed by atoms with E-state index in [2.05, 4.69) is 5.32 Å². The normalized spacial score (nSPS) is 13.4. The van der Waals surface area contributed by atoms with Gasteiger partial charge in [-0.05, 0) is 23.6 Å². The first kappa shape index (κ1) is 15.6. The van der Waals surface area contributed by atoms with E-state index < -0.39 is 6.04 Å². The van der Waals surface area contributed by atoms with Crippen molar-refractivity contribution in [2.24, 2.45) is 11.7 Å². The highest BCUT2D eigenvalue weighted by Gasteiger charge is 2.24. The molecule has 1 rings (SSSR count). The Morgan fingerprint density at radius 3 is 2.58 bits per heavy atom. The second-order valence-corrected chi connectivity index (χ2v) is 5.88. The smallest absolute Gasteiger partial charge is 0.237 e. The molecule has 4 heteroatoms. The molecular weight excluding hydrogens is 243 g/mol. The average Bonchev–Trinajstić information content (AvgIpc) is 2.35. The Labute approximate surface area is 114 Å². The lowest BCUT2D eigenvalue weighted by atomic mass is 9.84. The van der Waals surface area contributed by atoms with Crippen LogP contribution in [-0.2, 0) is 10.2 Å². The molecule has 3 N–H and O–H groups in total. The van der Waals surface area contributed by atoms with Gasteiger partial charge in [-0.2, -0.15) is 0 Å². The van der Waals surface area contributed by atoms with Crippen LogP contribution in [-0.4, -0.2) is 18.5 Å². The van der Waals surface area contributed by atoms with Gasteiger partial charge >= 0.3 is 0 Å². The Balaban J connectivity index is 2.68. The van der Waals surface area contributed by atoms with E-state index in [9.17, 15) is 9.18 Å². The van der Waals surface area contributed by atoms with E-state index in [1.54, 1.807) is 6.07 Å². The summed E-state index contributed by atoms with van der Waals surface area (Å²) in [7, 11) is 0. The molecule has 0 radical (unpaired) electrons. The molecule has 0 aliphatic rings. The molecule has 106 valence electrons. The molecule has 0 aliphatic heterocycles. The Morgan fingerprint density at radius 2 is 2.05 bits per heavy atom. The molecule has 0 saturated heterocycles. The number of benzene rings is 1. The summed E-state index contributed by atoms with van der Waals surface area (Å²) < 4.78 is 13.2. The number of carbonyl (C=O) groups is 1. The number of halogens is 1. The highest BCUT2D eigenvalue weighted by atomic mass is 19.1. The molecule has 0 spiro atoms. The highest BCUT2D eigenvalue weighted by molar-refractivity contribution is 5.81. The van der Waals surface area contributed by atoms with Gasteiger partial charge in [0.05, 0.1) is 6.04 Å². The molecule has 19 heavy (non-hydrogen) atoms. The molecule has 3 nitrogen and oxygen atoms in total. The minimum absolute atomic E-state index is 0.0947. The van der Waals surface area contributed by atoms with Gasteiger partial charge in [0.25, 0.3) is 0 Å². The first-order valence-corrected chi connectivity index (χ1v) is 6.53. The minimum atomic E-state index is -0.511. The van der Waals surface area contributed by atoms with Crippen molar-refractivity contribution < 1.29 is 9.18 Å². The summed E-state index contributed by atoms with van der Waals surface area (Å²) in [5.74, 6) is -0.340. The molecule has 1 atom stereocenters. The van der Waals surface area contributed by atoms with Crippen LogP contribution < -0.4 is 11.1 Å². The quantitative estimate of drug-likeness (QED) is 0.858. The van der Waals surface area contributed by atoms with Crippen molar-refractivity contribution in [3.8, 4) is 0 Å². The van der Waals surface area contributed by atoms with Crippen LogP contribution in [0.1, 0.15) is 33.3 Å². The number of nitrogens with two attached hydrogens (primary N) is 1.